The molecule has 3 amide bonds. The van der Waals surface area contributed by atoms with Crippen LogP contribution in [0.15, 0.2) is 48.5 Å². The van der Waals surface area contributed by atoms with Crippen LogP contribution >= 0.6 is 23.4 Å². The van der Waals surface area contributed by atoms with Crippen LogP contribution in [-0.2, 0) is 4.79 Å². The minimum Gasteiger partial charge on any atom is -0.295 e. The normalized spacial score (nSPS) is 23.1. The van der Waals surface area contributed by atoms with Gasteiger partial charge in [-0.25, -0.2) is 9.69 Å². The Balaban J connectivity index is 1.69. The maximum Gasteiger partial charge on any atom is 0.333 e. The molecule has 0 aromatic heterocycles. The van der Waals surface area contributed by atoms with Crippen LogP contribution in [0.2, 0.25) is 5.02 Å². The van der Waals surface area contributed by atoms with Crippen LogP contribution in [-0.4, -0.2) is 28.6 Å². The van der Waals surface area contributed by atoms with Gasteiger partial charge >= 0.3 is 6.03 Å². The quantitative estimate of drug-likeness (QED) is 0.754. The number of imide groups is 1. The smallest absolute Gasteiger partial charge is 0.295 e. The fourth-order valence-corrected chi connectivity index (χ4v) is 4.72. The third-order valence-corrected chi connectivity index (χ3v) is 5.91. The molecule has 4 nitrogen and oxygen atoms in total. The zero-order valence-corrected chi connectivity index (χ0v) is 14.6. The molecular weight excluding hydrogens is 344 g/mol. The summed E-state index contributed by atoms with van der Waals surface area (Å²) in [5.74, 6) is 0.467. The van der Waals surface area contributed by atoms with Crippen LogP contribution in [0.4, 0.5) is 10.5 Å². The van der Waals surface area contributed by atoms with Gasteiger partial charge < -0.3 is 0 Å². The molecule has 0 saturated carbocycles. The van der Waals surface area contributed by atoms with E-state index in [9.17, 15) is 9.59 Å². The number of rotatable bonds is 2. The summed E-state index contributed by atoms with van der Waals surface area (Å²) in [6.07, 6.45) is 0. The summed E-state index contributed by atoms with van der Waals surface area (Å²) in [4.78, 5) is 28.7. The number of amides is 3. The molecule has 2 aliphatic rings. The number of carbonyl (C=O) groups excluding carboxylic acids is 2. The minimum absolute atomic E-state index is 0.144. The van der Waals surface area contributed by atoms with Crippen LogP contribution in [0.25, 0.3) is 0 Å². The van der Waals surface area contributed by atoms with Gasteiger partial charge in [-0.15, -0.1) is 11.8 Å². The monoisotopic (exact) mass is 358 g/mol. The Labute approximate surface area is 149 Å². The summed E-state index contributed by atoms with van der Waals surface area (Å²) in [5, 5.41) is 0.502. The predicted molar refractivity (Wildman–Crippen MR) is 96.3 cm³/mol. The zero-order valence-electron chi connectivity index (χ0n) is 13.0. The number of thioether (sulfide) groups is 1. The summed E-state index contributed by atoms with van der Waals surface area (Å²) in [5.41, 5.74) is 2.64. The van der Waals surface area contributed by atoms with Crippen molar-refractivity contribution in [2.24, 2.45) is 0 Å². The summed E-state index contributed by atoms with van der Waals surface area (Å²) >= 11 is 7.57. The van der Waals surface area contributed by atoms with Gasteiger partial charge in [0.1, 0.15) is 11.4 Å². The molecule has 122 valence electrons. The highest BCUT2D eigenvalue weighted by molar-refractivity contribution is 7.99. The summed E-state index contributed by atoms with van der Waals surface area (Å²) in [6, 6.07) is 14.3. The van der Waals surface area contributed by atoms with Crippen molar-refractivity contribution in [2.75, 3.05) is 10.7 Å². The van der Waals surface area contributed by atoms with Crippen molar-refractivity contribution in [2.45, 2.75) is 18.3 Å². The zero-order chi connectivity index (χ0) is 16.8. The molecule has 0 unspecified atom stereocenters. The first-order valence-corrected chi connectivity index (χ1v) is 9.09. The van der Waals surface area contributed by atoms with Gasteiger partial charge in [-0.3, -0.25) is 9.69 Å². The van der Waals surface area contributed by atoms with Crippen LogP contribution in [0.5, 0.6) is 0 Å². The van der Waals surface area contributed by atoms with E-state index in [2.05, 4.69) is 0 Å². The fraction of sp³-hybridized carbons (Fsp3) is 0.222. The molecule has 2 aromatic carbocycles. The molecule has 0 aliphatic carbocycles. The standard InChI is InChI=1S/C18H15ClN2O2S/c1-11-3-2-4-14(9-11)20-16(22)15-10-24-17(21(15)18(20)23)12-5-7-13(19)8-6-12/h2-9,15,17H,10H2,1H3/t15-,17-/m1/s1. The Kier molecular flexibility index (Phi) is 3.77. The van der Waals surface area contributed by atoms with Crippen LogP contribution < -0.4 is 4.90 Å². The van der Waals surface area contributed by atoms with E-state index in [4.69, 9.17) is 11.6 Å². The lowest BCUT2D eigenvalue weighted by molar-refractivity contribution is -0.119. The van der Waals surface area contributed by atoms with E-state index in [0.29, 0.717) is 16.5 Å². The molecule has 2 aromatic rings. The topological polar surface area (TPSA) is 40.6 Å². The SMILES string of the molecule is Cc1cccc(N2C(=O)[C@H]3CS[C@H](c4ccc(Cl)cc4)N3C2=O)c1. The van der Waals surface area contributed by atoms with Crippen LogP contribution in [0, 0.1) is 6.92 Å². The number of hydrogen-bond acceptors (Lipinski definition) is 3. The van der Waals surface area contributed by atoms with Gasteiger partial charge in [0.05, 0.1) is 5.69 Å². The van der Waals surface area contributed by atoms with Crippen LogP contribution in [0.1, 0.15) is 16.5 Å². The molecule has 2 atom stereocenters. The van der Waals surface area contributed by atoms with Gasteiger partial charge in [-0.1, -0.05) is 35.9 Å². The molecule has 2 fully saturated rings. The van der Waals surface area contributed by atoms with Gasteiger partial charge in [-0.05, 0) is 42.3 Å². The number of benzene rings is 2. The lowest BCUT2D eigenvalue weighted by Gasteiger charge is -2.23. The van der Waals surface area contributed by atoms with Crippen LogP contribution in [0.3, 0.4) is 0 Å². The van der Waals surface area contributed by atoms with Crippen molar-refractivity contribution < 1.29 is 9.59 Å². The maximum atomic E-state index is 13.0. The van der Waals surface area contributed by atoms with Gasteiger partial charge in [0.2, 0.25) is 0 Å². The maximum absolute atomic E-state index is 13.0. The molecule has 6 heteroatoms. The number of carbonyl (C=O) groups is 2. The molecule has 24 heavy (non-hydrogen) atoms. The highest BCUT2D eigenvalue weighted by atomic mass is 35.5. The average molecular weight is 359 g/mol. The van der Waals surface area contributed by atoms with Gasteiger partial charge in [-0.2, -0.15) is 0 Å². The predicted octanol–water partition coefficient (Wildman–Crippen LogP) is 4.23. The second kappa shape index (κ2) is 5.83. The van der Waals surface area contributed by atoms with Crippen molar-refractivity contribution in [3.05, 3.63) is 64.7 Å². The first kappa shape index (κ1) is 15.5. The van der Waals surface area contributed by atoms with Gasteiger partial charge in [0.25, 0.3) is 5.91 Å². The number of halogens is 1. The summed E-state index contributed by atoms with van der Waals surface area (Å²) < 4.78 is 0. The van der Waals surface area contributed by atoms with Gasteiger partial charge in [0.15, 0.2) is 0 Å². The summed E-state index contributed by atoms with van der Waals surface area (Å²) in [7, 11) is 0. The minimum atomic E-state index is -0.399. The summed E-state index contributed by atoms with van der Waals surface area (Å²) in [6.45, 7) is 1.95. The first-order chi connectivity index (χ1) is 11.6. The third kappa shape index (κ3) is 2.39. The van der Waals surface area contributed by atoms with E-state index in [1.807, 2.05) is 49.4 Å². The molecule has 0 radical (unpaired) electrons. The highest BCUT2D eigenvalue weighted by Gasteiger charge is 2.53. The van der Waals surface area contributed by atoms with Crippen molar-refractivity contribution in [3.63, 3.8) is 0 Å². The molecule has 0 spiro atoms. The highest BCUT2D eigenvalue weighted by Crippen LogP contribution is 2.46. The molecule has 2 saturated heterocycles. The Morgan fingerprint density at radius 1 is 1.12 bits per heavy atom. The van der Waals surface area contributed by atoms with E-state index in [0.717, 1.165) is 11.1 Å². The van der Waals surface area contributed by atoms with E-state index < -0.39 is 6.04 Å². The van der Waals surface area contributed by atoms with Crippen molar-refractivity contribution in [3.8, 4) is 0 Å². The third-order valence-electron chi connectivity index (χ3n) is 4.33. The molecular formula is C18H15ClN2O2S. The number of fused-ring (bicyclic) bond motifs is 1. The number of urea groups is 1. The van der Waals surface area contributed by atoms with Crippen molar-refractivity contribution >= 4 is 41.0 Å². The van der Waals surface area contributed by atoms with Gasteiger partial charge in [0, 0.05) is 10.8 Å². The largest absolute Gasteiger partial charge is 0.333 e. The number of hydrogen-bond donors (Lipinski definition) is 0. The Hall–Kier alpha value is -1.98. The number of anilines is 1. The first-order valence-electron chi connectivity index (χ1n) is 7.66. The second-order valence-electron chi connectivity index (χ2n) is 5.96. The fourth-order valence-electron chi connectivity index (χ4n) is 3.18. The van der Waals surface area contributed by atoms with E-state index in [-0.39, 0.29) is 17.3 Å². The molecule has 0 bridgehead atoms. The molecule has 4 rings (SSSR count). The average Bonchev–Trinajstić information content (AvgIpc) is 3.09. The van der Waals surface area contributed by atoms with Crippen molar-refractivity contribution in [1.29, 1.82) is 0 Å². The second-order valence-corrected chi connectivity index (χ2v) is 7.51. The van der Waals surface area contributed by atoms with E-state index >= 15 is 0 Å². The van der Waals surface area contributed by atoms with Crippen molar-refractivity contribution in [1.82, 2.24) is 4.90 Å². The number of nitrogens with zero attached hydrogens (tertiary/aromatic N) is 2. The van der Waals surface area contributed by atoms with E-state index in [1.54, 1.807) is 22.7 Å². The van der Waals surface area contributed by atoms with E-state index in [1.165, 1.54) is 4.90 Å². The Bertz CT molecular complexity index is 824. The lowest BCUT2D eigenvalue weighted by Crippen LogP contribution is -2.33. The Morgan fingerprint density at radius 3 is 2.58 bits per heavy atom. The molecule has 2 aliphatic heterocycles. The molecule has 2 heterocycles. The number of aryl methyl sites for hydroxylation is 1. The Morgan fingerprint density at radius 2 is 1.88 bits per heavy atom. The lowest BCUT2D eigenvalue weighted by atomic mass is 10.2. The molecule has 0 N–H and O–H groups in total.